The highest BCUT2D eigenvalue weighted by molar-refractivity contribution is 5.39. The van der Waals surface area contributed by atoms with Crippen molar-refractivity contribution in [3.63, 3.8) is 0 Å². The van der Waals surface area contributed by atoms with Crippen molar-refractivity contribution in [3.05, 3.63) is 24.3 Å². The molecule has 37 heavy (non-hydrogen) atoms. The third-order valence-electron chi connectivity index (χ3n) is 7.06. The fourth-order valence-corrected chi connectivity index (χ4v) is 4.81. The minimum atomic E-state index is 0.0257. The van der Waals surface area contributed by atoms with Crippen LogP contribution in [-0.2, 0) is 14.2 Å². The molecule has 1 aromatic rings. The first-order valence-corrected chi connectivity index (χ1v) is 15.5. The molecule has 0 aliphatic carbocycles. The molecule has 0 radical (unpaired) electrons. The molecule has 0 saturated heterocycles. The zero-order valence-electron chi connectivity index (χ0n) is 23.9. The van der Waals surface area contributed by atoms with Crippen LogP contribution in [0.1, 0.15) is 116 Å². The van der Waals surface area contributed by atoms with E-state index in [9.17, 15) is 0 Å². The van der Waals surface area contributed by atoms with E-state index in [1.807, 2.05) is 24.3 Å². The van der Waals surface area contributed by atoms with E-state index < -0.39 is 0 Å². The van der Waals surface area contributed by atoms with Crippen LogP contribution in [0.5, 0.6) is 11.5 Å². The second kappa shape index (κ2) is 23.8. The van der Waals surface area contributed by atoms with Gasteiger partial charge in [0.05, 0.1) is 39.6 Å². The van der Waals surface area contributed by atoms with E-state index in [1.165, 1.54) is 103 Å². The summed E-state index contributed by atoms with van der Waals surface area (Å²) >= 11 is 0. The molecule has 214 valence electrons. The molecule has 1 aliphatic heterocycles. The normalized spacial score (nSPS) is 17.7. The van der Waals surface area contributed by atoms with E-state index in [1.54, 1.807) is 0 Å². The average Bonchev–Trinajstić information content (AvgIpc) is 2.92. The van der Waals surface area contributed by atoms with E-state index in [-0.39, 0.29) is 6.10 Å². The van der Waals surface area contributed by atoms with Gasteiger partial charge in [0, 0.05) is 0 Å². The molecule has 1 atom stereocenters. The molecule has 2 rings (SSSR count). The van der Waals surface area contributed by atoms with Crippen molar-refractivity contribution in [2.75, 3.05) is 46.2 Å². The highest BCUT2D eigenvalue weighted by Crippen LogP contribution is 2.28. The molecule has 0 N–H and O–H groups in total. The van der Waals surface area contributed by atoms with Crippen LogP contribution in [0.15, 0.2) is 24.3 Å². The molecule has 0 aromatic heterocycles. The van der Waals surface area contributed by atoms with Crippen molar-refractivity contribution in [2.45, 2.75) is 122 Å². The van der Waals surface area contributed by atoms with Gasteiger partial charge in [-0.05, 0) is 25.0 Å². The van der Waals surface area contributed by atoms with Gasteiger partial charge in [-0.25, -0.2) is 0 Å². The van der Waals surface area contributed by atoms with Crippen LogP contribution < -0.4 is 9.47 Å². The molecule has 1 unspecified atom stereocenters. The largest absolute Gasteiger partial charge is 0.487 e. The Bertz CT molecular complexity index is 623. The molecular weight excluding hydrogens is 464 g/mol. The van der Waals surface area contributed by atoms with Gasteiger partial charge in [0.25, 0.3) is 0 Å². The molecule has 5 nitrogen and oxygen atoms in total. The fraction of sp³-hybridized carbons (Fsp3) is 0.812. The fourth-order valence-electron chi connectivity index (χ4n) is 4.81. The van der Waals surface area contributed by atoms with Crippen molar-refractivity contribution in [1.82, 2.24) is 0 Å². The number of para-hydroxylation sites is 2. The Morgan fingerprint density at radius 1 is 0.541 bits per heavy atom. The smallest absolute Gasteiger partial charge is 0.161 e. The highest BCUT2D eigenvalue weighted by Gasteiger charge is 2.14. The first-order valence-electron chi connectivity index (χ1n) is 15.5. The Morgan fingerprint density at radius 2 is 1.00 bits per heavy atom. The number of unbranched alkanes of at least 4 members (excludes halogenated alkanes) is 15. The molecule has 0 fully saturated rings. The van der Waals surface area contributed by atoms with E-state index in [0.717, 1.165) is 17.9 Å². The molecule has 5 heteroatoms. The lowest BCUT2D eigenvalue weighted by molar-refractivity contribution is -0.00604. The summed E-state index contributed by atoms with van der Waals surface area (Å²) in [5, 5.41) is 0. The Balaban J connectivity index is 1.55. The maximum absolute atomic E-state index is 6.36. The van der Waals surface area contributed by atoms with Gasteiger partial charge < -0.3 is 23.7 Å². The van der Waals surface area contributed by atoms with Gasteiger partial charge in [-0.15, -0.1) is 0 Å². The lowest BCUT2D eigenvalue weighted by Gasteiger charge is -2.21. The average molecular weight is 521 g/mol. The first-order chi connectivity index (χ1) is 18.4. The van der Waals surface area contributed by atoms with Gasteiger partial charge in [-0.2, -0.15) is 0 Å². The molecule has 0 spiro atoms. The second-order valence-corrected chi connectivity index (χ2v) is 10.4. The van der Waals surface area contributed by atoms with Crippen LogP contribution in [0.3, 0.4) is 0 Å². The van der Waals surface area contributed by atoms with Gasteiger partial charge in [-0.1, -0.05) is 115 Å². The summed E-state index contributed by atoms with van der Waals surface area (Å²) in [5.74, 6) is 1.56. The number of benzene rings is 1. The van der Waals surface area contributed by atoms with Crippen LogP contribution >= 0.6 is 0 Å². The standard InChI is InChI=1S/C32H56O5/c1-2-3-4-5-6-7-8-9-10-11-12-13-14-15-16-17-20-30-29-35-26-25-33-23-24-34-27-28-36-31-21-18-19-22-32(31)37-30/h18-19,21-22,30H,2-17,20,23-29H2,1H3. The van der Waals surface area contributed by atoms with Crippen molar-refractivity contribution < 1.29 is 23.7 Å². The lowest BCUT2D eigenvalue weighted by atomic mass is 10.0. The van der Waals surface area contributed by atoms with Gasteiger partial charge in [0.1, 0.15) is 12.7 Å². The number of ether oxygens (including phenoxy) is 5. The Morgan fingerprint density at radius 3 is 1.57 bits per heavy atom. The van der Waals surface area contributed by atoms with Crippen LogP contribution in [0.25, 0.3) is 0 Å². The van der Waals surface area contributed by atoms with E-state index in [0.29, 0.717) is 46.2 Å². The summed E-state index contributed by atoms with van der Waals surface area (Å²) in [7, 11) is 0. The molecule has 1 aliphatic rings. The number of hydrogen-bond donors (Lipinski definition) is 0. The minimum absolute atomic E-state index is 0.0257. The van der Waals surface area contributed by atoms with Crippen molar-refractivity contribution in [1.29, 1.82) is 0 Å². The van der Waals surface area contributed by atoms with Crippen LogP contribution in [-0.4, -0.2) is 52.4 Å². The summed E-state index contributed by atoms with van der Waals surface area (Å²) in [6.45, 7) is 6.23. The second-order valence-electron chi connectivity index (χ2n) is 10.4. The van der Waals surface area contributed by atoms with Gasteiger partial charge in [0.15, 0.2) is 11.5 Å². The quantitative estimate of drug-likeness (QED) is 0.193. The molecule has 0 saturated carbocycles. The number of hydrogen-bond acceptors (Lipinski definition) is 5. The van der Waals surface area contributed by atoms with Crippen LogP contribution in [0.4, 0.5) is 0 Å². The van der Waals surface area contributed by atoms with Crippen LogP contribution in [0, 0.1) is 0 Å². The zero-order chi connectivity index (χ0) is 26.1. The van der Waals surface area contributed by atoms with Gasteiger partial charge in [0.2, 0.25) is 0 Å². The van der Waals surface area contributed by atoms with Gasteiger partial charge >= 0.3 is 0 Å². The molecule has 1 heterocycles. The van der Waals surface area contributed by atoms with E-state index in [4.69, 9.17) is 23.7 Å². The van der Waals surface area contributed by atoms with Crippen molar-refractivity contribution in [2.24, 2.45) is 0 Å². The zero-order valence-corrected chi connectivity index (χ0v) is 23.9. The predicted octanol–water partition coefficient (Wildman–Crippen LogP) is 8.53. The minimum Gasteiger partial charge on any atom is -0.487 e. The monoisotopic (exact) mass is 520 g/mol. The maximum atomic E-state index is 6.36. The molecule has 1 aromatic carbocycles. The Labute approximate surface area is 227 Å². The maximum Gasteiger partial charge on any atom is 0.161 e. The summed E-state index contributed by atoms with van der Waals surface area (Å²) in [6, 6.07) is 7.92. The third-order valence-corrected chi connectivity index (χ3v) is 7.06. The highest BCUT2D eigenvalue weighted by atomic mass is 16.6. The summed E-state index contributed by atoms with van der Waals surface area (Å²) in [5.41, 5.74) is 0. The topological polar surface area (TPSA) is 46.2 Å². The molecule has 0 amide bonds. The SMILES string of the molecule is CCCCCCCCCCCCCCCCCCC1COCCOCCOCCOc2ccccc2O1. The number of rotatable bonds is 17. The Kier molecular flexibility index (Phi) is 20.5. The van der Waals surface area contributed by atoms with Crippen molar-refractivity contribution in [3.8, 4) is 11.5 Å². The molecular formula is C32H56O5. The summed E-state index contributed by atoms with van der Waals surface area (Å²) in [4.78, 5) is 0. The third kappa shape index (κ3) is 17.8. The summed E-state index contributed by atoms with van der Waals surface area (Å²) < 4.78 is 29.3. The van der Waals surface area contributed by atoms with Gasteiger partial charge in [-0.3, -0.25) is 0 Å². The van der Waals surface area contributed by atoms with E-state index >= 15 is 0 Å². The Hall–Kier alpha value is -1.30. The lowest BCUT2D eigenvalue weighted by Crippen LogP contribution is -2.24. The number of fused-ring (bicyclic) bond motifs is 1. The predicted molar refractivity (Wildman–Crippen MR) is 153 cm³/mol. The van der Waals surface area contributed by atoms with E-state index in [2.05, 4.69) is 6.92 Å². The molecule has 0 bridgehead atoms. The summed E-state index contributed by atoms with van der Waals surface area (Å²) in [6.07, 6.45) is 23.2. The van der Waals surface area contributed by atoms with Crippen molar-refractivity contribution >= 4 is 0 Å². The first kappa shape index (κ1) is 31.9. The van der Waals surface area contributed by atoms with Crippen LogP contribution in [0.2, 0.25) is 0 Å².